The van der Waals surface area contributed by atoms with E-state index in [0.717, 1.165) is 5.56 Å². The van der Waals surface area contributed by atoms with Gasteiger partial charge in [-0.05, 0) is 11.6 Å². The third-order valence-corrected chi connectivity index (χ3v) is 1.85. The minimum Gasteiger partial charge on any atom is -0.478 e. The number of carboxylic acids is 1. The summed E-state index contributed by atoms with van der Waals surface area (Å²) in [5, 5.41) is 20.3. The van der Waals surface area contributed by atoms with Crippen molar-refractivity contribution < 1.29 is 15.0 Å². The molecule has 0 heterocycles. The van der Waals surface area contributed by atoms with Crippen molar-refractivity contribution in [1.29, 1.82) is 0 Å². The number of rotatable bonds is 5. The Morgan fingerprint density at radius 1 is 1.33 bits per heavy atom. The van der Waals surface area contributed by atoms with Crippen LogP contribution in [0.4, 0.5) is 0 Å². The quantitative estimate of drug-likeness (QED) is 0.659. The smallest absolute Gasteiger partial charge is 0.336 e. The zero-order valence-corrected chi connectivity index (χ0v) is 8.96. The lowest BCUT2D eigenvalue weighted by atomic mass is 10.1. The zero-order chi connectivity index (χ0) is 10.4. The van der Waals surface area contributed by atoms with E-state index >= 15 is 0 Å². The number of hydrogen-bond acceptors (Lipinski definition) is 3. The Morgan fingerprint density at radius 2 is 2.00 bits per heavy atom. The van der Waals surface area contributed by atoms with Crippen molar-refractivity contribution in [3.63, 3.8) is 0 Å². The van der Waals surface area contributed by atoms with Gasteiger partial charge in [-0.3, -0.25) is 0 Å². The monoisotopic (exact) mass is 231 g/mol. The van der Waals surface area contributed by atoms with Gasteiger partial charge >= 0.3 is 5.97 Å². The summed E-state index contributed by atoms with van der Waals surface area (Å²) >= 11 is 0. The highest BCUT2D eigenvalue weighted by molar-refractivity contribution is 5.89. The molecule has 0 aromatic heterocycles. The highest BCUT2D eigenvalue weighted by Gasteiger charge is 2.07. The number of carboxylic acid groups (broad SMARTS) is 1. The molecule has 0 bridgehead atoms. The predicted molar refractivity (Wildman–Crippen MR) is 59.4 cm³/mol. The molecule has 1 aromatic carbocycles. The molecule has 1 rings (SSSR count). The molecule has 0 fully saturated rings. The summed E-state index contributed by atoms with van der Waals surface area (Å²) in [6.07, 6.45) is 0. The highest BCUT2D eigenvalue weighted by atomic mass is 35.5. The highest BCUT2D eigenvalue weighted by Crippen LogP contribution is 2.07. The van der Waals surface area contributed by atoms with Crippen LogP contribution in [-0.2, 0) is 6.54 Å². The van der Waals surface area contributed by atoms with E-state index in [-0.39, 0.29) is 19.0 Å². The number of halogens is 1. The molecular formula is C10H14ClNO3. The van der Waals surface area contributed by atoms with E-state index in [2.05, 4.69) is 5.32 Å². The van der Waals surface area contributed by atoms with Gasteiger partial charge in [-0.15, -0.1) is 12.4 Å². The second kappa shape index (κ2) is 7.23. The van der Waals surface area contributed by atoms with Crippen LogP contribution in [0.5, 0.6) is 0 Å². The van der Waals surface area contributed by atoms with Crippen LogP contribution in [0, 0.1) is 0 Å². The number of aliphatic hydroxyl groups is 1. The van der Waals surface area contributed by atoms with Crippen molar-refractivity contribution >= 4 is 18.4 Å². The van der Waals surface area contributed by atoms with E-state index in [9.17, 15) is 4.79 Å². The molecule has 0 unspecified atom stereocenters. The topological polar surface area (TPSA) is 69.6 Å². The maximum absolute atomic E-state index is 10.8. The summed E-state index contributed by atoms with van der Waals surface area (Å²) in [6.45, 7) is 0.978. The minimum atomic E-state index is -0.925. The van der Waals surface area contributed by atoms with Crippen molar-refractivity contribution in [3.8, 4) is 0 Å². The Bertz CT molecular complexity index is 317. The van der Waals surface area contributed by atoms with Gasteiger partial charge in [-0.1, -0.05) is 18.2 Å². The van der Waals surface area contributed by atoms with Gasteiger partial charge in [0.2, 0.25) is 0 Å². The van der Waals surface area contributed by atoms with Crippen molar-refractivity contribution in [2.75, 3.05) is 13.2 Å². The van der Waals surface area contributed by atoms with Crippen LogP contribution in [0.2, 0.25) is 0 Å². The summed E-state index contributed by atoms with van der Waals surface area (Å²) in [6, 6.07) is 6.81. The fourth-order valence-electron chi connectivity index (χ4n) is 1.19. The first kappa shape index (κ1) is 13.9. The van der Waals surface area contributed by atoms with Gasteiger partial charge in [0, 0.05) is 13.1 Å². The number of aliphatic hydroxyl groups excluding tert-OH is 1. The number of aromatic carboxylic acids is 1. The fraction of sp³-hybridized carbons (Fsp3) is 0.300. The van der Waals surface area contributed by atoms with Crippen molar-refractivity contribution in [1.82, 2.24) is 5.32 Å². The lowest BCUT2D eigenvalue weighted by Gasteiger charge is -2.06. The van der Waals surface area contributed by atoms with Crippen LogP contribution in [-0.4, -0.2) is 29.3 Å². The average molecular weight is 232 g/mol. The molecule has 0 radical (unpaired) electrons. The standard InChI is InChI=1S/C10H13NO3.ClH/c12-6-5-11-7-8-3-1-2-4-9(8)10(13)14;/h1-4,11-12H,5-7H2,(H,13,14);1H. The summed E-state index contributed by atoms with van der Waals surface area (Å²) < 4.78 is 0. The van der Waals surface area contributed by atoms with Crippen LogP contribution < -0.4 is 5.32 Å². The summed E-state index contributed by atoms with van der Waals surface area (Å²) in [7, 11) is 0. The molecule has 4 nitrogen and oxygen atoms in total. The van der Waals surface area contributed by atoms with Gasteiger partial charge in [0.25, 0.3) is 0 Å². The zero-order valence-electron chi connectivity index (χ0n) is 8.14. The van der Waals surface area contributed by atoms with Crippen LogP contribution in [0.25, 0.3) is 0 Å². The van der Waals surface area contributed by atoms with Crippen LogP contribution in [0.1, 0.15) is 15.9 Å². The molecule has 84 valence electrons. The third kappa shape index (κ3) is 4.29. The van der Waals surface area contributed by atoms with Gasteiger partial charge in [0.05, 0.1) is 12.2 Å². The Kier molecular flexibility index (Phi) is 6.70. The molecule has 1 aromatic rings. The summed E-state index contributed by atoms with van der Waals surface area (Å²) in [4.78, 5) is 10.8. The second-order valence-corrected chi connectivity index (χ2v) is 2.86. The molecule has 5 heteroatoms. The Balaban J connectivity index is 0.00000196. The minimum absolute atomic E-state index is 0. The number of hydrogen-bond donors (Lipinski definition) is 3. The van der Waals surface area contributed by atoms with E-state index in [1.807, 2.05) is 0 Å². The number of carbonyl (C=O) groups is 1. The van der Waals surface area contributed by atoms with E-state index in [1.54, 1.807) is 24.3 Å². The first-order valence-electron chi connectivity index (χ1n) is 4.38. The van der Waals surface area contributed by atoms with Gasteiger partial charge in [-0.2, -0.15) is 0 Å². The Hall–Kier alpha value is -1.10. The van der Waals surface area contributed by atoms with Crippen LogP contribution >= 0.6 is 12.4 Å². The lowest BCUT2D eigenvalue weighted by molar-refractivity contribution is 0.0695. The molecule has 0 saturated carbocycles. The van der Waals surface area contributed by atoms with E-state index < -0.39 is 5.97 Å². The fourth-order valence-corrected chi connectivity index (χ4v) is 1.19. The van der Waals surface area contributed by atoms with E-state index in [0.29, 0.717) is 18.7 Å². The molecule has 3 N–H and O–H groups in total. The molecular weight excluding hydrogens is 218 g/mol. The molecule has 15 heavy (non-hydrogen) atoms. The maximum atomic E-state index is 10.8. The van der Waals surface area contributed by atoms with E-state index in [4.69, 9.17) is 10.2 Å². The van der Waals surface area contributed by atoms with Gasteiger partial charge in [0.15, 0.2) is 0 Å². The first-order valence-corrected chi connectivity index (χ1v) is 4.38. The molecule has 0 saturated heterocycles. The van der Waals surface area contributed by atoms with Crippen LogP contribution in [0.3, 0.4) is 0 Å². The Morgan fingerprint density at radius 3 is 2.60 bits per heavy atom. The van der Waals surface area contributed by atoms with Crippen molar-refractivity contribution in [2.45, 2.75) is 6.54 Å². The molecule has 0 spiro atoms. The molecule has 0 aliphatic heterocycles. The molecule has 0 aliphatic rings. The van der Waals surface area contributed by atoms with E-state index in [1.165, 1.54) is 0 Å². The first-order chi connectivity index (χ1) is 6.75. The average Bonchev–Trinajstić information content (AvgIpc) is 2.19. The van der Waals surface area contributed by atoms with Gasteiger partial charge < -0.3 is 15.5 Å². The van der Waals surface area contributed by atoms with Gasteiger partial charge in [-0.25, -0.2) is 4.79 Å². The molecule has 0 amide bonds. The predicted octanol–water partition coefficient (Wildman–Crippen LogP) is 0.889. The normalized spacial score (nSPS) is 9.40. The Labute approximate surface area is 94.3 Å². The molecule has 0 aliphatic carbocycles. The number of nitrogens with one attached hydrogen (secondary N) is 1. The van der Waals surface area contributed by atoms with Gasteiger partial charge in [0.1, 0.15) is 0 Å². The lowest BCUT2D eigenvalue weighted by Crippen LogP contribution is -2.19. The largest absolute Gasteiger partial charge is 0.478 e. The third-order valence-electron chi connectivity index (χ3n) is 1.85. The SMILES string of the molecule is Cl.O=C(O)c1ccccc1CNCCO. The van der Waals surface area contributed by atoms with Crippen molar-refractivity contribution in [2.24, 2.45) is 0 Å². The summed E-state index contributed by atoms with van der Waals surface area (Å²) in [5.74, 6) is -0.925. The van der Waals surface area contributed by atoms with Crippen molar-refractivity contribution in [3.05, 3.63) is 35.4 Å². The second-order valence-electron chi connectivity index (χ2n) is 2.86. The molecule has 0 atom stereocenters. The number of benzene rings is 1. The summed E-state index contributed by atoms with van der Waals surface area (Å²) in [5.41, 5.74) is 1.03. The van der Waals surface area contributed by atoms with Crippen LogP contribution in [0.15, 0.2) is 24.3 Å². The maximum Gasteiger partial charge on any atom is 0.336 e.